The van der Waals surface area contributed by atoms with Crippen LogP contribution in [-0.4, -0.2) is 18.4 Å². The van der Waals surface area contributed by atoms with E-state index in [0.29, 0.717) is 6.54 Å². The number of amides is 2. The Morgan fingerprint density at radius 3 is 2.76 bits per heavy atom. The van der Waals surface area contributed by atoms with E-state index in [9.17, 15) is 9.59 Å². The molecule has 1 saturated heterocycles. The molecule has 25 heavy (non-hydrogen) atoms. The van der Waals surface area contributed by atoms with Gasteiger partial charge in [-0.2, -0.15) is 0 Å². The van der Waals surface area contributed by atoms with Gasteiger partial charge in [-0.1, -0.05) is 24.3 Å². The molecule has 1 atom stereocenters. The lowest BCUT2D eigenvalue weighted by Crippen LogP contribution is -2.28. The fraction of sp³-hybridized carbons (Fsp3) is 0.333. The number of nitrogens with zero attached hydrogens (tertiary/aromatic N) is 1. The zero-order valence-electron chi connectivity index (χ0n) is 14.4. The second-order valence-electron chi connectivity index (χ2n) is 7.02. The number of hydrogen-bond donors (Lipinski definition) is 1. The van der Waals surface area contributed by atoms with Crippen molar-refractivity contribution < 1.29 is 9.59 Å². The molecule has 1 unspecified atom stereocenters. The zero-order valence-corrected chi connectivity index (χ0v) is 14.4. The second kappa shape index (κ2) is 6.36. The van der Waals surface area contributed by atoms with Crippen molar-refractivity contribution >= 4 is 23.2 Å². The third-order valence-corrected chi connectivity index (χ3v) is 5.27. The van der Waals surface area contributed by atoms with Crippen LogP contribution in [-0.2, 0) is 22.4 Å². The summed E-state index contributed by atoms with van der Waals surface area (Å²) >= 11 is 0. The van der Waals surface area contributed by atoms with Gasteiger partial charge in [-0.05, 0) is 61.1 Å². The Bertz CT molecular complexity index is 844. The molecular weight excluding hydrogens is 312 g/mol. The van der Waals surface area contributed by atoms with Gasteiger partial charge >= 0.3 is 0 Å². The number of carbonyl (C=O) groups excluding carboxylic acids is 2. The Morgan fingerprint density at radius 2 is 1.92 bits per heavy atom. The molecule has 1 heterocycles. The summed E-state index contributed by atoms with van der Waals surface area (Å²) in [5.41, 5.74) is 5.52. The van der Waals surface area contributed by atoms with E-state index in [1.165, 1.54) is 17.5 Å². The largest absolute Gasteiger partial charge is 0.326 e. The minimum Gasteiger partial charge on any atom is -0.326 e. The molecule has 128 valence electrons. The number of anilines is 2. The molecule has 0 spiro atoms. The first kappa shape index (κ1) is 15.9. The quantitative estimate of drug-likeness (QED) is 0.934. The first-order valence-corrected chi connectivity index (χ1v) is 8.90. The molecule has 0 radical (unpaired) electrons. The van der Waals surface area contributed by atoms with E-state index in [0.717, 1.165) is 29.8 Å². The van der Waals surface area contributed by atoms with Crippen LogP contribution >= 0.6 is 0 Å². The van der Waals surface area contributed by atoms with Crippen LogP contribution < -0.4 is 10.2 Å². The molecule has 4 rings (SSSR count). The fourth-order valence-corrected chi connectivity index (χ4v) is 3.88. The number of aryl methyl sites for hydroxylation is 3. The molecule has 0 aromatic heterocycles. The third kappa shape index (κ3) is 3.04. The molecule has 2 amide bonds. The number of rotatable bonds is 3. The number of fused-ring (bicyclic) bond motifs is 1. The van der Waals surface area contributed by atoms with Gasteiger partial charge in [0.15, 0.2) is 0 Å². The Morgan fingerprint density at radius 1 is 1.12 bits per heavy atom. The minimum atomic E-state index is -0.305. The van der Waals surface area contributed by atoms with Crippen LogP contribution in [0.15, 0.2) is 42.5 Å². The van der Waals surface area contributed by atoms with E-state index >= 15 is 0 Å². The van der Waals surface area contributed by atoms with Crippen molar-refractivity contribution in [1.82, 2.24) is 0 Å². The van der Waals surface area contributed by atoms with Gasteiger partial charge in [0.05, 0.1) is 5.92 Å². The van der Waals surface area contributed by atoms with Gasteiger partial charge in [0, 0.05) is 24.3 Å². The summed E-state index contributed by atoms with van der Waals surface area (Å²) in [7, 11) is 0. The lowest BCUT2D eigenvalue weighted by atomic mass is 10.1. The van der Waals surface area contributed by atoms with Crippen molar-refractivity contribution in [3.8, 4) is 0 Å². The molecule has 2 aromatic rings. The molecule has 2 aliphatic rings. The van der Waals surface area contributed by atoms with E-state index in [2.05, 4.69) is 17.4 Å². The molecule has 0 bridgehead atoms. The lowest BCUT2D eigenvalue weighted by molar-refractivity contribution is -0.122. The van der Waals surface area contributed by atoms with Crippen LogP contribution in [0.2, 0.25) is 0 Å². The number of benzene rings is 2. The molecule has 4 nitrogen and oxygen atoms in total. The standard InChI is InChI=1S/C21H22N2O2/c1-14-5-2-3-8-19(14)23-13-17(12-20(23)24)21(25)22-18-10-9-15-6-4-7-16(15)11-18/h2-3,5,8-11,17H,4,6-7,12-13H2,1H3,(H,22,25). The van der Waals surface area contributed by atoms with Crippen LogP contribution in [0.1, 0.15) is 29.5 Å². The van der Waals surface area contributed by atoms with E-state index in [1.807, 2.05) is 37.3 Å². The van der Waals surface area contributed by atoms with Crippen molar-refractivity contribution in [1.29, 1.82) is 0 Å². The summed E-state index contributed by atoms with van der Waals surface area (Å²) in [5.74, 6) is -0.355. The monoisotopic (exact) mass is 334 g/mol. The van der Waals surface area contributed by atoms with Gasteiger partial charge in [0.1, 0.15) is 0 Å². The van der Waals surface area contributed by atoms with Gasteiger partial charge in [-0.15, -0.1) is 0 Å². The van der Waals surface area contributed by atoms with Crippen molar-refractivity contribution in [2.24, 2.45) is 5.92 Å². The van der Waals surface area contributed by atoms with Crippen molar-refractivity contribution in [2.45, 2.75) is 32.6 Å². The van der Waals surface area contributed by atoms with E-state index < -0.39 is 0 Å². The highest BCUT2D eigenvalue weighted by Gasteiger charge is 2.35. The molecule has 4 heteroatoms. The Kier molecular flexibility index (Phi) is 4.04. The van der Waals surface area contributed by atoms with Gasteiger partial charge < -0.3 is 10.2 Å². The first-order chi connectivity index (χ1) is 12.1. The molecule has 2 aromatic carbocycles. The lowest BCUT2D eigenvalue weighted by Gasteiger charge is -2.19. The van der Waals surface area contributed by atoms with Crippen molar-refractivity contribution in [3.05, 3.63) is 59.2 Å². The number of hydrogen-bond acceptors (Lipinski definition) is 2. The van der Waals surface area contributed by atoms with Crippen molar-refractivity contribution in [3.63, 3.8) is 0 Å². The molecule has 1 aliphatic heterocycles. The summed E-state index contributed by atoms with van der Waals surface area (Å²) in [6, 6.07) is 14.0. The molecule has 1 aliphatic carbocycles. The maximum atomic E-state index is 12.6. The first-order valence-electron chi connectivity index (χ1n) is 8.90. The topological polar surface area (TPSA) is 49.4 Å². The Balaban J connectivity index is 1.47. The average Bonchev–Trinajstić information content (AvgIpc) is 3.21. The number of nitrogens with one attached hydrogen (secondary N) is 1. The smallest absolute Gasteiger partial charge is 0.229 e. The molecule has 0 saturated carbocycles. The molecular formula is C21H22N2O2. The summed E-state index contributed by atoms with van der Waals surface area (Å²) in [6.45, 7) is 2.43. The van der Waals surface area contributed by atoms with E-state index in [-0.39, 0.29) is 24.2 Å². The second-order valence-corrected chi connectivity index (χ2v) is 7.02. The van der Waals surface area contributed by atoms with Gasteiger partial charge in [-0.3, -0.25) is 9.59 Å². The SMILES string of the molecule is Cc1ccccc1N1CC(C(=O)Nc2ccc3c(c2)CCC3)CC1=O. The normalized spacial score (nSPS) is 19.2. The third-order valence-electron chi connectivity index (χ3n) is 5.27. The zero-order chi connectivity index (χ0) is 17.4. The molecule has 1 fully saturated rings. The fourth-order valence-electron chi connectivity index (χ4n) is 3.88. The highest BCUT2D eigenvalue weighted by atomic mass is 16.2. The van der Waals surface area contributed by atoms with Crippen LogP contribution in [0.25, 0.3) is 0 Å². The Labute approximate surface area is 147 Å². The predicted octanol–water partition coefficient (Wildman–Crippen LogP) is 3.48. The van der Waals surface area contributed by atoms with E-state index in [4.69, 9.17) is 0 Å². The predicted molar refractivity (Wildman–Crippen MR) is 98.7 cm³/mol. The number of para-hydroxylation sites is 1. The van der Waals surface area contributed by atoms with Crippen LogP contribution in [0, 0.1) is 12.8 Å². The van der Waals surface area contributed by atoms with Gasteiger partial charge in [0.2, 0.25) is 11.8 Å². The van der Waals surface area contributed by atoms with Crippen LogP contribution in [0.5, 0.6) is 0 Å². The maximum Gasteiger partial charge on any atom is 0.229 e. The average molecular weight is 334 g/mol. The van der Waals surface area contributed by atoms with Crippen LogP contribution in [0.4, 0.5) is 11.4 Å². The summed E-state index contributed by atoms with van der Waals surface area (Å²) in [4.78, 5) is 26.8. The van der Waals surface area contributed by atoms with Gasteiger partial charge in [0.25, 0.3) is 0 Å². The summed E-state index contributed by atoms with van der Waals surface area (Å²) in [5, 5.41) is 3.00. The van der Waals surface area contributed by atoms with Crippen molar-refractivity contribution in [2.75, 3.05) is 16.8 Å². The van der Waals surface area contributed by atoms with E-state index in [1.54, 1.807) is 4.90 Å². The maximum absolute atomic E-state index is 12.6. The highest BCUT2D eigenvalue weighted by molar-refractivity contribution is 6.03. The molecule has 1 N–H and O–H groups in total. The minimum absolute atomic E-state index is 0.0170. The number of carbonyl (C=O) groups is 2. The summed E-state index contributed by atoms with van der Waals surface area (Å²) in [6.07, 6.45) is 3.68. The summed E-state index contributed by atoms with van der Waals surface area (Å²) < 4.78 is 0. The van der Waals surface area contributed by atoms with Gasteiger partial charge in [-0.25, -0.2) is 0 Å². The Hall–Kier alpha value is -2.62. The van der Waals surface area contributed by atoms with Crippen LogP contribution in [0.3, 0.4) is 0 Å². The highest BCUT2D eigenvalue weighted by Crippen LogP contribution is 2.29.